The second kappa shape index (κ2) is 5.98. The topological polar surface area (TPSA) is 46.2 Å². The van der Waals surface area contributed by atoms with Crippen LogP contribution in [0.2, 0.25) is 0 Å². The van der Waals surface area contributed by atoms with Crippen LogP contribution in [0.4, 0.5) is 0 Å². The zero-order valence-corrected chi connectivity index (χ0v) is 12.7. The van der Waals surface area contributed by atoms with E-state index in [0.29, 0.717) is 0 Å². The van der Waals surface area contributed by atoms with Crippen LogP contribution in [0.1, 0.15) is 25.5 Å². The highest BCUT2D eigenvalue weighted by atomic mass is 79.9. The summed E-state index contributed by atoms with van der Waals surface area (Å²) in [5.41, 5.74) is 1.14. The molecule has 0 spiro atoms. The molecule has 0 aliphatic heterocycles. The maximum atomic E-state index is 11.2. The molecule has 0 bridgehead atoms. The van der Waals surface area contributed by atoms with E-state index in [9.17, 15) is 8.42 Å². The van der Waals surface area contributed by atoms with Crippen molar-refractivity contribution in [2.24, 2.45) is 0 Å². The van der Waals surface area contributed by atoms with Crippen LogP contribution in [-0.4, -0.2) is 26.5 Å². The molecule has 17 heavy (non-hydrogen) atoms. The van der Waals surface area contributed by atoms with Gasteiger partial charge in [-0.15, -0.1) is 0 Å². The molecule has 3 nitrogen and oxygen atoms in total. The van der Waals surface area contributed by atoms with Crippen LogP contribution in [-0.2, 0) is 9.84 Å². The predicted molar refractivity (Wildman–Crippen MR) is 74.9 cm³/mol. The number of hydrogen-bond acceptors (Lipinski definition) is 3. The maximum absolute atomic E-state index is 11.2. The molecule has 96 valence electrons. The van der Waals surface area contributed by atoms with Gasteiger partial charge in [0, 0.05) is 22.8 Å². The summed E-state index contributed by atoms with van der Waals surface area (Å²) in [4.78, 5) is 0. The Morgan fingerprint density at radius 3 is 2.53 bits per heavy atom. The molecule has 5 heteroatoms. The molecule has 2 atom stereocenters. The van der Waals surface area contributed by atoms with Crippen LogP contribution < -0.4 is 5.32 Å². The van der Waals surface area contributed by atoms with Crippen LogP contribution in [0.25, 0.3) is 0 Å². The fraction of sp³-hybridized carbons (Fsp3) is 0.500. The van der Waals surface area contributed by atoms with Crippen molar-refractivity contribution in [3.05, 3.63) is 34.3 Å². The molecule has 1 rings (SSSR count). The van der Waals surface area contributed by atoms with Crippen molar-refractivity contribution in [2.45, 2.75) is 25.9 Å². The minimum absolute atomic E-state index is 0.0565. The smallest absolute Gasteiger partial charge is 0.148 e. The summed E-state index contributed by atoms with van der Waals surface area (Å²) >= 11 is 3.42. The van der Waals surface area contributed by atoms with Crippen LogP contribution in [0, 0.1) is 0 Å². The average Bonchev–Trinajstić information content (AvgIpc) is 2.14. The lowest BCUT2D eigenvalue weighted by atomic mass is 10.1. The Kier molecular flexibility index (Phi) is 5.16. The minimum atomic E-state index is -2.93. The van der Waals surface area contributed by atoms with E-state index < -0.39 is 9.84 Å². The second-order valence-corrected chi connectivity index (χ2v) is 7.54. The van der Waals surface area contributed by atoms with Gasteiger partial charge in [-0.3, -0.25) is 0 Å². The van der Waals surface area contributed by atoms with E-state index in [4.69, 9.17) is 0 Å². The van der Waals surface area contributed by atoms with Gasteiger partial charge in [-0.05, 0) is 31.5 Å². The van der Waals surface area contributed by atoms with E-state index in [0.717, 1.165) is 10.0 Å². The Labute approximate surface area is 112 Å². The summed E-state index contributed by atoms with van der Waals surface area (Å²) in [7, 11) is -2.93. The molecular weight excluding hydrogens is 302 g/mol. The first-order valence-electron chi connectivity index (χ1n) is 5.47. The summed E-state index contributed by atoms with van der Waals surface area (Å²) in [6.45, 7) is 3.91. The van der Waals surface area contributed by atoms with E-state index in [1.165, 1.54) is 6.26 Å². The third-order valence-corrected chi connectivity index (χ3v) is 4.03. The van der Waals surface area contributed by atoms with Gasteiger partial charge in [-0.2, -0.15) is 0 Å². The zero-order chi connectivity index (χ0) is 13.1. The van der Waals surface area contributed by atoms with E-state index >= 15 is 0 Å². The van der Waals surface area contributed by atoms with Crippen LogP contribution in [0.5, 0.6) is 0 Å². The van der Waals surface area contributed by atoms with Gasteiger partial charge in [0.05, 0.1) is 5.75 Å². The van der Waals surface area contributed by atoms with Crippen LogP contribution in [0.3, 0.4) is 0 Å². The molecular formula is C12H18BrNO2S. The van der Waals surface area contributed by atoms with Gasteiger partial charge in [0.2, 0.25) is 0 Å². The minimum Gasteiger partial charge on any atom is -0.307 e. The molecule has 1 aromatic rings. The summed E-state index contributed by atoms with van der Waals surface area (Å²) in [6.07, 6.45) is 1.26. The number of sulfone groups is 1. The first-order chi connectivity index (χ1) is 7.78. The first kappa shape index (κ1) is 14.7. The SMILES string of the molecule is CC(CS(C)(=O)=O)N[C@@H](C)c1cccc(Br)c1. The Balaban J connectivity index is 2.63. The molecule has 1 aromatic carbocycles. The highest BCUT2D eigenvalue weighted by Crippen LogP contribution is 2.18. The molecule has 0 saturated heterocycles. The van der Waals surface area contributed by atoms with Gasteiger partial charge in [0.1, 0.15) is 9.84 Å². The third-order valence-electron chi connectivity index (χ3n) is 2.44. The number of hydrogen-bond donors (Lipinski definition) is 1. The largest absolute Gasteiger partial charge is 0.307 e. The van der Waals surface area contributed by atoms with E-state index in [1.807, 2.05) is 38.1 Å². The Bertz CT molecular complexity index is 473. The van der Waals surface area contributed by atoms with Gasteiger partial charge in [0.25, 0.3) is 0 Å². The molecule has 1 unspecified atom stereocenters. The van der Waals surface area contributed by atoms with Crippen molar-refractivity contribution in [3.8, 4) is 0 Å². The molecule has 0 saturated carbocycles. The fourth-order valence-corrected chi connectivity index (χ4v) is 3.22. The molecule has 0 radical (unpaired) electrons. The van der Waals surface area contributed by atoms with E-state index in [1.54, 1.807) is 0 Å². The molecule has 0 aromatic heterocycles. The molecule has 0 aliphatic rings. The number of rotatable bonds is 5. The van der Waals surface area contributed by atoms with Gasteiger partial charge in [-0.25, -0.2) is 8.42 Å². The Hall–Kier alpha value is -0.390. The first-order valence-corrected chi connectivity index (χ1v) is 8.32. The second-order valence-electron chi connectivity index (χ2n) is 4.44. The quantitative estimate of drug-likeness (QED) is 0.907. The van der Waals surface area contributed by atoms with Gasteiger partial charge < -0.3 is 5.32 Å². The summed E-state index contributed by atoms with van der Waals surface area (Å²) in [5, 5.41) is 3.28. The van der Waals surface area contributed by atoms with Crippen molar-refractivity contribution in [1.82, 2.24) is 5.32 Å². The van der Waals surface area contributed by atoms with Crippen molar-refractivity contribution in [3.63, 3.8) is 0 Å². The monoisotopic (exact) mass is 319 g/mol. The van der Waals surface area contributed by atoms with Gasteiger partial charge >= 0.3 is 0 Å². The summed E-state index contributed by atoms with van der Waals surface area (Å²) < 4.78 is 23.4. The van der Waals surface area contributed by atoms with Crippen LogP contribution in [0.15, 0.2) is 28.7 Å². The van der Waals surface area contributed by atoms with Gasteiger partial charge in [-0.1, -0.05) is 28.1 Å². The number of nitrogens with one attached hydrogen (secondary N) is 1. The predicted octanol–water partition coefficient (Wildman–Crippen LogP) is 2.53. The average molecular weight is 320 g/mol. The molecule has 0 amide bonds. The summed E-state index contributed by atoms with van der Waals surface area (Å²) in [6, 6.07) is 8.07. The zero-order valence-electron chi connectivity index (χ0n) is 10.3. The van der Waals surface area contributed by atoms with Gasteiger partial charge in [0.15, 0.2) is 0 Å². The van der Waals surface area contributed by atoms with Crippen molar-refractivity contribution < 1.29 is 8.42 Å². The standard InChI is InChI=1S/C12H18BrNO2S/c1-9(8-17(3,15)16)14-10(2)11-5-4-6-12(13)7-11/h4-7,9-10,14H,8H2,1-3H3/t9?,10-/m0/s1. The fourth-order valence-electron chi connectivity index (χ4n) is 1.80. The van der Waals surface area contributed by atoms with E-state index in [2.05, 4.69) is 21.2 Å². The maximum Gasteiger partial charge on any atom is 0.148 e. The van der Waals surface area contributed by atoms with E-state index in [-0.39, 0.29) is 17.8 Å². The number of benzene rings is 1. The Morgan fingerprint density at radius 2 is 2.00 bits per heavy atom. The molecule has 1 N–H and O–H groups in total. The van der Waals surface area contributed by atoms with Crippen molar-refractivity contribution in [2.75, 3.05) is 12.0 Å². The molecule has 0 fully saturated rings. The molecule has 0 aliphatic carbocycles. The van der Waals surface area contributed by atoms with Crippen LogP contribution >= 0.6 is 15.9 Å². The Morgan fingerprint density at radius 1 is 1.35 bits per heavy atom. The highest BCUT2D eigenvalue weighted by molar-refractivity contribution is 9.10. The lowest BCUT2D eigenvalue weighted by molar-refractivity contribution is 0.500. The number of halogens is 1. The summed E-state index contributed by atoms with van der Waals surface area (Å²) in [5.74, 6) is 0.158. The normalized spacial score (nSPS) is 15.5. The molecule has 0 heterocycles. The highest BCUT2D eigenvalue weighted by Gasteiger charge is 2.14. The third kappa shape index (κ3) is 5.66. The van der Waals surface area contributed by atoms with Crippen molar-refractivity contribution in [1.29, 1.82) is 0 Å². The lowest BCUT2D eigenvalue weighted by Gasteiger charge is -2.19. The van der Waals surface area contributed by atoms with Crippen molar-refractivity contribution >= 4 is 25.8 Å². The lowest BCUT2D eigenvalue weighted by Crippen LogP contribution is -2.34.